The molecule has 0 aliphatic heterocycles. The molecule has 22 heavy (non-hydrogen) atoms. The Hall–Kier alpha value is -1.30. The maximum Gasteiger partial charge on any atom is 0.251 e. The van der Waals surface area contributed by atoms with Gasteiger partial charge in [0, 0.05) is 17.8 Å². The van der Waals surface area contributed by atoms with Crippen LogP contribution in [0.4, 0.5) is 0 Å². The third-order valence-corrected chi connectivity index (χ3v) is 4.87. The van der Waals surface area contributed by atoms with Crippen LogP contribution in [0.1, 0.15) is 58.1 Å². The minimum absolute atomic E-state index is 0.0282. The lowest BCUT2D eigenvalue weighted by atomic mass is 9.95. The smallest absolute Gasteiger partial charge is 0.251 e. The number of rotatable bonds is 6. The van der Waals surface area contributed by atoms with E-state index in [0.717, 1.165) is 31.4 Å². The molecule has 1 aliphatic rings. The molecule has 2 N–H and O–H groups in total. The number of H-pyrrole nitrogens is 1. The molecule has 0 radical (unpaired) electrons. The van der Waals surface area contributed by atoms with Crippen molar-refractivity contribution in [3.63, 3.8) is 0 Å². The molecular weight excluding hydrogens is 298 g/mol. The molecule has 5 nitrogen and oxygen atoms in total. The summed E-state index contributed by atoms with van der Waals surface area (Å²) in [6.45, 7) is 3.91. The van der Waals surface area contributed by atoms with Crippen molar-refractivity contribution in [1.82, 2.24) is 15.3 Å². The van der Waals surface area contributed by atoms with Crippen LogP contribution in [0.2, 0.25) is 0 Å². The van der Waals surface area contributed by atoms with E-state index in [1.807, 2.05) is 6.92 Å². The minimum Gasteiger partial charge on any atom is -0.352 e. The van der Waals surface area contributed by atoms with Gasteiger partial charge >= 0.3 is 0 Å². The van der Waals surface area contributed by atoms with Gasteiger partial charge in [-0.1, -0.05) is 44.4 Å². The van der Waals surface area contributed by atoms with Crippen molar-refractivity contribution in [2.24, 2.45) is 0 Å². The lowest BCUT2D eigenvalue weighted by molar-refractivity contribution is -0.121. The Balaban J connectivity index is 1.94. The Morgan fingerprint density at radius 2 is 2.18 bits per heavy atom. The highest BCUT2D eigenvalue weighted by atomic mass is 32.2. The van der Waals surface area contributed by atoms with E-state index in [0.29, 0.717) is 11.2 Å². The average Bonchev–Trinajstić information content (AvgIpc) is 2.48. The van der Waals surface area contributed by atoms with Crippen molar-refractivity contribution in [1.29, 1.82) is 0 Å². The van der Waals surface area contributed by atoms with Crippen LogP contribution in [-0.2, 0) is 11.2 Å². The SMILES string of the molecule is CCCc1cc(=O)[nH]c(SC(C)C(=O)NC2CCCCC2)n1. The first kappa shape index (κ1) is 17.1. The Bertz CT molecular complexity index is 553. The Morgan fingerprint density at radius 3 is 2.86 bits per heavy atom. The van der Waals surface area contributed by atoms with Gasteiger partial charge in [-0.15, -0.1) is 0 Å². The van der Waals surface area contributed by atoms with E-state index in [2.05, 4.69) is 22.2 Å². The second kappa shape index (κ2) is 8.36. The second-order valence-electron chi connectivity index (χ2n) is 5.90. The van der Waals surface area contributed by atoms with Crippen molar-refractivity contribution < 1.29 is 4.79 Å². The fraction of sp³-hybridized carbons (Fsp3) is 0.688. The lowest BCUT2D eigenvalue weighted by Gasteiger charge is -2.24. The van der Waals surface area contributed by atoms with Gasteiger partial charge in [0.05, 0.1) is 5.25 Å². The largest absolute Gasteiger partial charge is 0.352 e. The third-order valence-electron chi connectivity index (χ3n) is 3.89. The maximum atomic E-state index is 12.3. The molecule has 1 unspecified atom stereocenters. The minimum atomic E-state index is -0.262. The van der Waals surface area contributed by atoms with E-state index in [1.165, 1.54) is 37.1 Å². The Kier molecular flexibility index (Phi) is 6.49. The monoisotopic (exact) mass is 323 g/mol. The number of aromatic nitrogens is 2. The molecule has 6 heteroatoms. The molecule has 0 bridgehead atoms. The van der Waals surface area contributed by atoms with Gasteiger partial charge in [-0.25, -0.2) is 4.98 Å². The van der Waals surface area contributed by atoms with Gasteiger partial charge in [0.25, 0.3) is 5.56 Å². The number of hydrogen-bond donors (Lipinski definition) is 2. The topological polar surface area (TPSA) is 74.8 Å². The number of thioether (sulfide) groups is 1. The number of aromatic amines is 1. The summed E-state index contributed by atoms with van der Waals surface area (Å²) >= 11 is 1.32. The number of amides is 1. The van der Waals surface area contributed by atoms with Crippen molar-refractivity contribution in [3.05, 3.63) is 22.1 Å². The zero-order valence-corrected chi connectivity index (χ0v) is 14.2. The van der Waals surface area contributed by atoms with Gasteiger partial charge in [-0.05, 0) is 26.2 Å². The first-order chi connectivity index (χ1) is 10.6. The molecule has 1 saturated carbocycles. The highest BCUT2D eigenvalue weighted by Gasteiger charge is 2.21. The van der Waals surface area contributed by atoms with Crippen LogP contribution >= 0.6 is 11.8 Å². The van der Waals surface area contributed by atoms with Crippen LogP contribution in [0, 0.1) is 0 Å². The average molecular weight is 323 g/mol. The van der Waals surface area contributed by atoms with Gasteiger partial charge in [-0.3, -0.25) is 9.59 Å². The number of hydrogen-bond acceptors (Lipinski definition) is 4. The standard InChI is InChI=1S/C16H25N3O2S/c1-3-7-13-10-14(20)19-16(18-13)22-11(2)15(21)17-12-8-5-4-6-9-12/h10-12H,3-9H2,1-2H3,(H,17,21)(H,18,19,20). The van der Waals surface area contributed by atoms with Crippen LogP contribution in [0.15, 0.2) is 16.0 Å². The molecule has 1 atom stereocenters. The lowest BCUT2D eigenvalue weighted by Crippen LogP contribution is -2.40. The van der Waals surface area contributed by atoms with Crippen LogP contribution < -0.4 is 10.9 Å². The van der Waals surface area contributed by atoms with Gasteiger partial charge in [-0.2, -0.15) is 0 Å². The van der Waals surface area contributed by atoms with E-state index in [-0.39, 0.29) is 16.7 Å². The summed E-state index contributed by atoms with van der Waals surface area (Å²) in [7, 11) is 0. The van der Waals surface area contributed by atoms with Crippen LogP contribution in [0.5, 0.6) is 0 Å². The molecule has 1 aliphatic carbocycles. The van der Waals surface area contributed by atoms with Crippen LogP contribution in [0.3, 0.4) is 0 Å². The van der Waals surface area contributed by atoms with E-state index in [9.17, 15) is 9.59 Å². The normalized spacial score (nSPS) is 17.2. The maximum absolute atomic E-state index is 12.3. The van der Waals surface area contributed by atoms with Crippen molar-refractivity contribution >= 4 is 17.7 Å². The molecule has 0 spiro atoms. The van der Waals surface area contributed by atoms with Gasteiger partial charge in [0.15, 0.2) is 5.16 Å². The number of nitrogens with one attached hydrogen (secondary N) is 2. The second-order valence-corrected chi connectivity index (χ2v) is 7.22. The number of carbonyl (C=O) groups excluding carboxylic acids is 1. The fourth-order valence-corrected chi connectivity index (χ4v) is 3.55. The summed E-state index contributed by atoms with van der Waals surface area (Å²) in [6.07, 6.45) is 7.53. The summed E-state index contributed by atoms with van der Waals surface area (Å²) in [5.41, 5.74) is 0.634. The molecule has 122 valence electrons. The molecule has 1 fully saturated rings. The highest BCUT2D eigenvalue weighted by Crippen LogP contribution is 2.21. The third kappa shape index (κ3) is 5.16. The summed E-state index contributed by atoms with van der Waals surface area (Å²) in [5.74, 6) is 0.0282. The molecule has 1 heterocycles. The molecule has 1 amide bonds. The molecule has 1 aromatic rings. The molecule has 1 aromatic heterocycles. The first-order valence-electron chi connectivity index (χ1n) is 8.15. The molecule has 0 aromatic carbocycles. The number of aryl methyl sites for hydroxylation is 1. The van der Waals surface area contributed by atoms with E-state index in [1.54, 1.807) is 0 Å². The Labute approximate surface area is 135 Å². The van der Waals surface area contributed by atoms with Gasteiger partial charge in [0.1, 0.15) is 0 Å². The predicted octanol–water partition coefficient (Wildman–Crippen LogP) is 2.65. The molecule has 2 rings (SSSR count). The quantitative estimate of drug-likeness (QED) is 0.623. The van der Waals surface area contributed by atoms with Crippen LogP contribution in [0.25, 0.3) is 0 Å². The number of carbonyl (C=O) groups is 1. The summed E-state index contributed by atoms with van der Waals surface area (Å²) in [5, 5.41) is 3.38. The van der Waals surface area contributed by atoms with E-state index < -0.39 is 0 Å². The highest BCUT2D eigenvalue weighted by molar-refractivity contribution is 8.00. The fourth-order valence-electron chi connectivity index (χ4n) is 2.71. The molecular formula is C16H25N3O2S. The van der Waals surface area contributed by atoms with E-state index in [4.69, 9.17) is 0 Å². The predicted molar refractivity (Wildman–Crippen MR) is 89.2 cm³/mol. The summed E-state index contributed by atoms with van der Waals surface area (Å²) in [4.78, 5) is 31.0. The zero-order chi connectivity index (χ0) is 15.9. The summed E-state index contributed by atoms with van der Waals surface area (Å²) in [6, 6.07) is 1.84. The van der Waals surface area contributed by atoms with Crippen molar-refractivity contribution in [3.8, 4) is 0 Å². The zero-order valence-electron chi connectivity index (χ0n) is 13.4. The molecule has 0 saturated heterocycles. The Morgan fingerprint density at radius 1 is 1.45 bits per heavy atom. The first-order valence-corrected chi connectivity index (χ1v) is 9.03. The van der Waals surface area contributed by atoms with Crippen LogP contribution in [-0.4, -0.2) is 27.2 Å². The van der Waals surface area contributed by atoms with Gasteiger partial charge < -0.3 is 10.3 Å². The number of nitrogens with zero attached hydrogens (tertiary/aromatic N) is 1. The van der Waals surface area contributed by atoms with Gasteiger partial charge in [0.2, 0.25) is 5.91 Å². The van der Waals surface area contributed by atoms with Crippen molar-refractivity contribution in [2.45, 2.75) is 75.2 Å². The van der Waals surface area contributed by atoms with Crippen molar-refractivity contribution in [2.75, 3.05) is 0 Å². The van der Waals surface area contributed by atoms with E-state index >= 15 is 0 Å². The summed E-state index contributed by atoms with van der Waals surface area (Å²) < 4.78 is 0.